The maximum absolute atomic E-state index is 5.37. The Morgan fingerprint density at radius 3 is 2.72 bits per heavy atom. The van der Waals surface area contributed by atoms with Crippen molar-refractivity contribution in [2.75, 3.05) is 12.9 Å². The molecule has 0 fully saturated rings. The Hall–Kier alpha value is -1.94. The summed E-state index contributed by atoms with van der Waals surface area (Å²) in [7, 11) is 1.70. The third kappa shape index (κ3) is 4.01. The van der Waals surface area contributed by atoms with Crippen molar-refractivity contribution in [3.63, 3.8) is 0 Å². The third-order valence-electron chi connectivity index (χ3n) is 4.48. The highest BCUT2D eigenvalue weighted by atomic mass is 32.2. The maximum atomic E-state index is 5.37. The second kappa shape index (κ2) is 7.96. The highest BCUT2D eigenvalue weighted by molar-refractivity contribution is 7.99. The summed E-state index contributed by atoms with van der Waals surface area (Å²) in [5, 5.41) is 1.10. The molecule has 1 heterocycles. The van der Waals surface area contributed by atoms with E-state index < -0.39 is 0 Å². The normalized spacial score (nSPS) is 11.2. The van der Waals surface area contributed by atoms with Gasteiger partial charge >= 0.3 is 0 Å². The van der Waals surface area contributed by atoms with E-state index in [0.29, 0.717) is 0 Å². The topological polar surface area (TPSA) is 27.1 Å². The van der Waals surface area contributed by atoms with Gasteiger partial charge in [-0.2, -0.15) is 0 Å². The molecule has 0 atom stereocenters. The van der Waals surface area contributed by atoms with Crippen molar-refractivity contribution < 1.29 is 4.74 Å². The molecule has 0 saturated heterocycles. The number of imidazole rings is 1. The van der Waals surface area contributed by atoms with E-state index in [2.05, 4.69) is 49.6 Å². The molecule has 132 valence electrons. The van der Waals surface area contributed by atoms with Gasteiger partial charge in [-0.25, -0.2) is 4.98 Å². The zero-order chi connectivity index (χ0) is 17.8. The molecule has 0 saturated carbocycles. The number of hydrogen-bond acceptors (Lipinski definition) is 3. The van der Waals surface area contributed by atoms with E-state index in [4.69, 9.17) is 9.72 Å². The Morgan fingerprint density at radius 2 is 1.96 bits per heavy atom. The van der Waals surface area contributed by atoms with Crippen LogP contribution in [0.1, 0.15) is 36.5 Å². The van der Waals surface area contributed by atoms with Crippen LogP contribution >= 0.6 is 11.8 Å². The molecule has 0 bridgehead atoms. The van der Waals surface area contributed by atoms with Gasteiger partial charge in [0.1, 0.15) is 5.75 Å². The second-order valence-electron chi connectivity index (χ2n) is 6.47. The van der Waals surface area contributed by atoms with Gasteiger partial charge in [0.2, 0.25) is 0 Å². The fourth-order valence-electron chi connectivity index (χ4n) is 2.93. The first kappa shape index (κ1) is 17.9. The zero-order valence-electron chi connectivity index (χ0n) is 15.5. The highest BCUT2D eigenvalue weighted by Crippen LogP contribution is 2.29. The minimum Gasteiger partial charge on any atom is -0.497 e. The summed E-state index contributed by atoms with van der Waals surface area (Å²) < 4.78 is 7.71. The number of benzene rings is 2. The predicted molar refractivity (Wildman–Crippen MR) is 107 cm³/mol. The first-order chi connectivity index (χ1) is 12.1. The summed E-state index contributed by atoms with van der Waals surface area (Å²) in [4.78, 5) is 4.89. The molecule has 25 heavy (non-hydrogen) atoms. The van der Waals surface area contributed by atoms with Crippen LogP contribution in [0.3, 0.4) is 0 Å². The monoisotopic (exact) mass is 354 g/mol. The van der Waals surface area contributed by atoms with E-state index in [-0.39, 0.29) is 0 Å². The Balaban J connectivity index is 2.03. The molecule has 0 aliphatic rings. The van der Waals surface area contributed by atoms with Gasteiger partial charge in [-0.05, 0) is 43.5 Å². The second-order valence-corrected chi connectivity index (χ2v) is 7.53. The molecule has 3 nitrogen and oxygen atoms in total. The van der Waals surface area contributed by atoms with Crippen molar-refractivity contribution in [1.29, 1.82) is 0 Å². The van der Waals surface area contributed by atoms with Crippen LogP contribution in [-0.4, -0.2) is 22.4 Å². The Bertz CT molecular complexity index is 870. The van der Waals surface area contributed by atoms with Gasteiger partial charge in [-0.3, -0.25) is 0 Å². The lowest BCUT2D eigenvalue weighted by molar-refractivity contribution is 0.415. The third-order valence-corrected chi connectivity index (χ3v) is 5.55. The van der Waals surface area contributed by atoms with E-state index in [0.717, 1.165) is 28.7 Å². The van der Waals surface area contributed by atoms with E-state index in [1.807, 2.05) is 23.9 Å². The molecule has 0 spiro atoms. The summed E-state index contributed by atoms with van der Waals surface area (Å²) in [5.41, 5.74) is 6.15. The Morgan fingerprint density at radius 1 is 1.12 bits per heavy atom. The van der Waals surface area contributed by atoms with Crippen LogP contribution in [0.15, 0.2) is 41.6 Å². The van der Waals surface area contributed by atoms with Crippen LogP contribution in [0.5, 0.6) is 5.75 Å². The van der Waals surface area contributed by atoms with Crippen molar-refractivity contribution in [3.8, 4) is 5.75 Å². The standard InChI is InChI=1S/C21H26N2OS/c1-5-6-11-25-21-22-19-13-18(24-4)9-10-20(19)23(21)14-17-12-15(2)7-8-16(17)3/h7-10,12-13H,5-6,11,14H2,1-4H3. The van der Waals surface area contributed by atoms with Crippen molar-refractivity contribution in [1.82, 2.24) is 9.55 Å². The fraction of sp³-hybridized carbons (Fsp3) is 0.381. The predicted octanol–water partition coefficient (Wildman–Crippen LogP) is 5.60. The van der Waals surface area contributed by atoms with Crippen LogP contribution in [0.4, 0.5) is 0 Å². The quantitative estimate of drug-likeness (QED) is 0.408. The fourth-order valence-corrected chi connectivity index (χ4v) is 4.02. The van der Waals surface area contributed by atoms with Gasteiger partial charge in [0, 0.05) is 11.8 Å². The molecule has 0 N–H and O–H groups in total. The van der Waals surface area contributed by atoms with E-state index >= 15 is 0 Å². The summed E-state index contributed by atoms with van der Waals surface area (Å²) >= 11 is 1.85. The first-order valence-electron chi connectivity index (χ1n) is 8.85. The number of methoxy groups -OCH3 is 1. The number of hydrogen-bond donors (Lipinski definition) is 0. The molecule has 3 rings (SSSR count). The number of aryl methyl sites for hydroxylation is 2. The van der Waals surface area contributed by atoms with Gasteiger partial charge in [-0.15, -0.1) is 0 Å². The molecule has 0 radical (unpaired) electrons. The number of unbranched alkanes of at least 4 members (excludes halogenated alkanes) is 1. The molecule has 3 aromatic rings. The maximum Gasteiger partial charge on any atom is 0.169 e. The largest absolute Gasteiger partial charge is 0.497 e. The molecule has 2 aromatic carbocycles. The van der Waals surface area contributed by atoms with Gasteiger partial charge in [-0.1, -0.05) is 48.9 Å². The number of rotatable bonds is 7. The summed E-state index contributed by atoms with van der Waals surface area (Å²) in [5.74, 6) is 1.96. The van der Waals surface area contributed by atoms with Crippen molar-refractivity contribution in [2.24, 2.45) is 0 Å². The lowest BCUT2D eigenvalue weighted by Crippen LogP contribution is -2.04. The number of ether oxygens (including phenoxy) is 1. The summed E-state index contributed by atoms with van der Waals surface area (Å²) in [6.45, 7) is 7.41. The zero-order valence-corrected chi connectivity index (χ0v) is 16.3. The Labute approximate surface area is 154 Å². The highest BCUT2D eigenvalue weighted by Gasteiger charge is 2.13. The molecular weight excluding hydrogens is 328 g/mol. The number of thioether (sulfide) groups is 1. The van der Waals surface area contributed by atoms with Crippen molar-refractivity contribution in [2.45, 2.75) is 45.3 Å². The lowest BCUT2D eigenvalue weighted by atomic mass is 10.1. The van der Waals surface area contributed by atoms with Crippen LogP contribution in [-0.2, 0) is 6.54 Å². The van der Waals surface area contributed by atoms with Crippen LogP contribution < -0.4 is 4.74 Å². The molecular formula is C21H26N2OS. The van der Waals surface area contributed by atoms with Gasteiger partial charge in [0.15, 0.2) is 5.16 Å². The average molecular weight is 355 g/mol. The number of fused-ring (bicyclic) bond motifs is 1. The molecule has 0 aliphatic carbocycles. The summed E-state index contributed by atoms with van der Waals surface area (Å²) in [6.07, 6.45) is 2.42. The van der Waals surface area contributed by atoms with E-state index in [9.17, 15) is 0 Å². The number of aromatic nitrogens is 2. The summed E-state index contributed by atoms with van der Waals surface area (Å²) in [6, 6.07) is 12.8. The Kier molecular flexibility index (Phi) is 5.69. The molecule has 4 heteroatoms. The minimum absolute atomic E-state index is 0.852. The van der Waals surface area contributed by atoms with Gasteiger partial charge in [0.05, 0.1) is 24.7 Å². The molecule has 0 amide bonds. The molecule has 1 aromatic heterocycles. The van der Waals surface area contributed by atoms with E-state index in [1.165, 1.54) is 35.0 Å². The van der Waals surface area contributed by atoms with Crippen molar-refractivity contribution >= 4 is 22.8 Å². The van der Waals surface area contributed by atoms with Gasteiger partial charge < -0.3 is 9.30 Å². The first-order valence-corrected chi connectivity index (χ1v) is 9.84. The SMILES string of the molecule is CCCCSc1nc2cc(OC)ccc2n1Cc1cc(C)ccc1C. The average Bonchev–Trinajstić information content (AvgIpc) is 2.95. The lowest BCUT2D eigenvalue weighted by Gasteiger charge is -2.12. The number of nitrogens with zero attached hydrogens (tertiary/aromatic N) is 2. The molecule has 0 unspecified atom stereocenters. The van der Waals surface area contributed by atoms with Crippen LogP contribution in [0.2, 0.25) is 0 Å². The smallest absolute Gasteiger partial charge is 0.169 e. The van der Waals surface area contributed by atoms with Crippen LogP contribution in [0, 0.1) is 13.8 Å². The molecule has 0 aliphatic heterocycles. The van der Waals surface area contributed by atoms with Gasteiger partial charge in [0.25, 0.3) is 0 Å². The van der Waals surface area contributed by atoms with E-state index in [1.54, 1.807) is 7.11 Å². The van der Waals surface area contributed by atoms with Crippen LogP contribution in [0.25, 0.3) is 11.0 Å². The minimum atomic E-state index is 0.852. The van der Waals surface area contributed by atoms with Crippen molar-refractivity contribution in [3.05, 3.63) is 53.1 Å².